The van der Waals surface area contributed by atoms with Crippen molar-refractivity contribution in [1.29, 1.82) is 0 Å². The number of carboxylic acid groups (broad SMARTS) is 1. The van der Waals surface area contributed by atoms with Gasteiger partial charge in [0.2, 0.25) is 5.95 Å². The third kappa shape index (κ3) is 3.39. The van der Waals surface area contributed by atoms with Crippen LogP contribution in [0.15, 0.2) is 55.4 Å². The smallest absolute Gasteiger partial charge is 0.328 e. The second-order valence-electron chi connectivity index (χ2n) is 6.26. The molecule has 0 unspecified atom stereocenters. The van der Waals surface area contributed by atoms with Crippen molar-refractivity contribution in [3.05, 3.63) is 60.9 Å². The number of hydrogen-bond donors (Lipinski definition) is 1. The van der Waals surface area contributed by atoms with E-state index in [1.54, 1.807) is 64.8 Å². The summed E-state index contributed by atoms with van der Waals surface area (Å²) in [6, 6.07) is 7.58. The van der Waals surface area contributed by atoms with E-state index in [1.165, 1.54) is 4.90 Å². The van der Waals surface area contributed by atoms with Gasteiger partial charge in [-0.25, -0.2) is 14.8 Å². The van der Waals surface area contributed by atoms with E-state index in [0.717, 1.165) is 5.69 Å². The number of aromatic nitrogens is 5. The normalized spacial score (nSPS) is 16.8. The van der Waals surface area contributed by atoms with Crippen LogP contribution in [-0.2, 0) is 4.79 Å². The lowest BCUT2D eigenvalue weighted by atomic mass is 10.1. The molecule has 1 aliphatic rings. The largest absolute Gasteiger partial charge is 0.480 e. The standard InChI is InChI=1S/C18H17N7O3/c26-16(13-2-4-14(5-3-13)24-11-21-22-12-24)25-9-8-23(10-15(25)17(27)28)18-19-6-1-7-20-18/h1-7,11-12,15H,8-10H2,(H,27,28)/t15-/m0/s1. The summed E-state index contributed by atoms with van der Waals surface area (Å²) in [5, 5.41) is 17.2. The van der Waals surface area contributed by atoms with E-state index in [2.05, 4.69) is 20.2 Å². The highest BCUT2D eigenvalue weighted by Crippen LogP contribution is 2.19. The molecule has 0 bridgehead atoms. The molecular formula is C18H17N7O3. The SMILES string of the molecule is O=C(O)[C@@H]1CN(c2ncccn2)CCN1C(=O)c1ccc(-n2cnnc2)cc1. The second kappa shape index (κ2) is 7.43. The molecule has 3 heterocycles. The maximum Gasteiger partial charge on any atom is 0.328 e. The zero-order valence-electron chi connectivity index (χ0n) is 14.8. The summed E-state index contributed by atoms with van der Waals surface area (Å²) in [4.78, 5) is 36.2. The van der Waals surface area contributed by atoms with Gasteiger partial charge in [-0.3, -0.25) is 9.36 Å². The van der Waals surface area contributed by atoms with Crippen LogP contribution in [0.1, 0.15) is 10.4 Å². The van der Waals surface area contributed by atoms with Crippen molar-refractivity contribution >= 4 is 17.8 Å². The highest BCUT2D eigenvalue weighted by molar-refractivity contribution is 5.97. The number of carbonyl (C=O) groups is 2. The highest BCUT2D eigenvalue weighted by atomic mass is 16.4. The summed E-state index contributed by atoms with van der Waals surface area (Å²) < 4.78 is 1.72. The first kappa shape index (κ1) is 17.6. The van der Waals surface area contributed by atoms with Crippen LogP contribution < -0.4 is 4.90 Å². The van der Waals surface area contributed by atoms with E-state index < -0.39 is 12.0 Å². The van der Waals surface area contributed by atoms with Gasteiger partial charge in [-0.1, -0.05) is 0 Å². The Labute approximate surface area is 160 Å². The monoisotopic (exact) mass is 379 g/mol. The third-order valence-electron chi connectivity index (χ3n) is 4.59. The molecule has 3 aromatic rings. The van der Waals surface area contributed by atoms with Gasteiger partial charge in [0.05, 0.1) is 6.54 Å². The molecule has 10 heteroatoms. The zero-order valence-corrected chi connectivity index (χ0v) is 14.8. The van der Waals surface area contributed by atoms with Crippen molar-refractivity contribution in [2.45, 2.75) is 6.04 Å². The van der Waals surface area contributed by atoms with Crippen molar-refractivity contribution in [3.8, 4) is 5.69 Å². The van der Waals surface area contributed by atoms with Gasteiger partial charge in [-0.2, -0.15) is 0 Å². The van der Waals surface area contributed by atoms with Gasteiger partial charge in [0.15, 0.2) is 0 Å². The van der Waals surface area contributed by atoms with E-state index >= 15 is 0 Å². The van der Waals surface area contributed by atoms with Crippen LogP contribution in [-0.4, -0.2) is 72.3 Å². The molecule has 1 aliphatic heterocycles. The van der Waals surface area contributed by atoms with E-state index in [4.69, 9.17) is 0 Å². The van der Waals surface area contributed by atoms with Gasteiger partial charge < -0.3 is 14.9 Å². The maximum absolute atomic E-state index is 12.9. The number of benzene rings is 1. The number of carbonyl (C=O) groups excluding carboxylic acids is 1. The molecule has 1 N–H and O–H groups in total. The molecule has 1 saturated heterocycles. The van der Waals surface area contributed by atoms with E-state index in [0.29, 0.717) is 18.1 Å². The topological polar surface area (TPSA) is 117 Å². The minimum Gasteiger partial charge on any atom is -0.480 e. The molecule has 1 amide bonds. The molecule has 0 radical (unpaired) electrons. The highest BCUT2D eigenvalue weighted by Gasteiger charge is 2.36. The van der Waals surface area contributed by atoms with Crippen LogP contribution in [0.5, 0.6) is 0 Å². The maximum atomic E-state index is 12.9. The Hall–Kier alpha value is -3.82. The Bertz CT molecular complexity index is 961. The summed E-state index contributed by atoms with van der Waals surface area (Å²) in [5.41, 5.74) is 1.23. The van der Waals surface area contributed by atoms with Crippen LogP contribution in [0.3, 0.4) is 0 Å². The van der Waals surface area contributed by atoms with Crippen LogP contribution in [0.4, 0.5) is 5.95 Å². The fraction of sp³-hybridized carbons (Fsp3) is 0.222. The number of hydrogen-bond acceptors (Lipinski definition) is 7. The first-order valence-corrected chi connectivity index (χ1v) is 8.64. The van der Waals surface area contributed by atoms with Gasteiger partial charge in [0.25, 0.3) is 5.91 Å². The molecule has 0 saturated carbocycles. The number of amides is 1. The van der Waals surface area contributed by atoms with Crippen molar-refractivity contribution in [1.82, 2.24) is 29.6 Å². The molecule has 142 valence electrons. The van der Waals surface area contributed by atoms with Crippen LogP contribution in [0, 0.1) is 0 Å². The van der Waals surface area contributed by atoms with Crippen LogP contribution in [0.25, 0.3) is 5.69 Å². The molecule has 1 aromatic carbocycles. The Balaban J connectivity index is 1.52. The number of nitrogens with zero attached hydrogens (tertiary/aromatic N) is 7. The molecule has 4 rings (SSSR count). The van der Waals surface area contributed by atoms with Gasteiger partial charge in [-0.15, -0.1) is 10.2 Å². The van der Waals surface area contributed by atoms with Crippen molar-refractivity contribution in [2.24, 2.45) is 0 Å². The Morgan fingerprint density at radius 2 is 1.68 bits per heavy atom. The molecule has 28 heavy (non-hydrogen) atoms. The number of rotatable bonds is 4. The molecule has 1 atom stereocenters. The Kier molecular flexibility index (Phi) is 4.67. The fourth-order valence-corrected chi connectivity index (χ4v) is 3.15. The predicted molar refractivity (Wildman–Crippen MR) is 98.1 cm³/mol. The van der Waals surface area contributed by atoms with Crippen LogP contribution in [0.2, 0.25) is 0 Å². The number of anilines is 1. The van der Waals surface area contributed by atoms with Crippen molar-refractivity contribution in [3.63, 3.8) is 0 Å². The van der Waals surface area contributed by atoms with E-state index in [-0.39, 0.29) is 19.0 Å². The minimum absolute atomic E-state index is 0.129. The van der Waals surface area contributed by atoms with Gasteiger partial charge in [0.1, 0.15) is 18.7 Å². The lowest BCUT2D eigenvalue weighted by Crippen LogP contribution is -2.58. The number of aliphatic carboxylic acids is 1. The third-order valence-corrected chi connectivity index (χ3v) is 4.59. The molecule has 0 aliphatic carbocycles. The first-order chi connectivity index (χ1) is 13.6. The zero-order chi connectivity index (χ0) is 19.5. The van der Waals surface area contributed by atoms with Gasteiger partial charge in [0, 0.05) is 36.7 Å². The molecular weight excluding hydrogens is 362 g/mol. The first-order valence-electron chi connectivity index (χ1n) is 8.64. The lowest BCUT2D eigenvalue weighted by molar-refractivity contribution is -0.142. The summed E-state index contributed by atoms with van der Waals surface area (Å²) in [6.07, 6.45) is 6.32. The molecule has 10 nitrogen and oxygen atoms in total. The van der Waals surface area contributed by atoms with E-state index in [1.807, 2.05) is 0 Å². The second-order valence-corrected chi connectivity index (χ2v) is 6.26. The molecule has 2 aromatic heterocycles. The fourth-order valence-electron chi connectivity index (χ4n) is 3.15. The summed E-state index contributed by atoms with van der Waals surface area (Å²) in [7, 11) is 0. The predicted octanol–water partition coefficient (Wildman–Crippen LogP) is 0.473. The average molecular weight is 379 g/mol. The number of piperazine rings is 1. The van der Waals surface area contributed by atoms with Gasteiger partial charge >= 0.3 is 5.97 Å². The molecule has 0 spiro atoms. The Morgan fingerprint density at radius 3 is 2.32 bits per heavy atom. The van der Waals surface area contributed by atoms with Gasteiger partial charge in [-0.05, 0) is 30.3 Å². The summed E-state index contributed by atoms with van der Waals surface area (Å²) in [5.74, 6) is -0.925. The van der Waals surface area contributed by atoms with E-state index in [9.17, 15) is 14.7 Å². The quantitative estimate of drug-likeness (QED) is 0.695. The summed E-state index contributed by atoms with van der Waals surface area (Å²) in [6.45, 7) is 0.851. The number of carboxylic acids is 1. The Morgan fingerprint density at radius 1 is 1.00 bits per heavy atom. The summed E-state index contributed by atoms with van der Waals surface area (Å²) >= 11 is 0. The molecule has 1 fully saturated rings. The van der Waals surface area contributed by atoms with Crippen molar-refractivity contribution in [2.75, 3.05) is 24.5 Å². The van der Waals surface area contributed by atoms with Crippen molar-refractivity contribution < 1.29 is 14.7 Å². The lowest BCUT2D eigenvalue weighted by Gasteiger charge is -2.39. The minimum atomic E-state index is -1.06. The van der Waals surface area contributed by atoms with Crippen LogP contribution >= 0.6 is 0 Å². The average Bonchev–Trinajstić information content (AvgIpc) is 3.28.